The molecule has 0 aromatic heterocycles. The van der Waals surface area contributed by atoms with E-state index in [2.05, 4.69) is 50.4 Å². The van der Waals surface area contributed by atoms with Crippen LogP contribution in [0.2, 0.25) is 0 Å². The van der Waals surface area contributed by atoms with E-state index in [1.165, 1.54) is 0 Å². The minimum absolute atomic E-state index is 0.269. The van der Waals surface area contributed by atoms with E-state index in [1.807, 2.05) is 0 Å². The Balaban J connectivity index is 2.57. The van der Waals surface area contributed by atoms with Gasteiger partial charge in [-0.25, -0.2) is 0 Å². The van der Waals surface area contributed by atoms with Crippen molar-refractivity contribution in [3.63, 3.8) is 0 Å². The zero-order valence-electron chi connectivity index (χ0n) is 12.8. The highest BCUT2D eigenvalue weighted by Crippen LogP contribution is 2.55. The van der Waals surface area contributed by atoms with Crippen LogP contribution in [0.1, 0.15) is 39.5 Å². The summed E-state index contributed by atoms with van der Waals surface area (Å²) in [6, 6.07) is 0. The van der Waals surface area contributed by atoms with Crippen molar-refractivity contribution in [2.24, 2.45) is 5.92 Å². The Morgan fingerprint density at radius 3 is 2.70 bits per heavy atom. The summed E-state index contributed by atoms with van der Waals surface area (Å²) in [6.07, 6.45) is 21.6. The summed E-state index contributed by atoms with van der Waals surface area (Å²) in [5, 5.41) is 0. The quantitative estimate of drug-likeness (QED) is 0.350. The van der Waals surface area contributed by atoms with Gasteiger partial charge in [-0.3, -0.25) is 0 Å². The Hall–Kier alpha value is -0.740. The molecule has 0 bridgehead atoms. The standard InChI is InChI=1S/C17H27O2P/c1-5-6-10-14-18-20(4,19-15-13-16(2)3)17-11-8-7-9-12-17/h1,7-9,11,16-17H,4,6,10,12-15H2,2-3H3. The smallest absolute Gasteiger partial charge is 0.124 e. The van der Waals surface area contributed by atoms with Crippen LogP contribution in [0.5, 0.6) is 0 Å². The second-order valence-corrected chi connectivity index (χ2v) is 8.13. The molecule has 112 valence electrons. The van der Waals surface area contributed by atoms with Gasteiger partial charge in [-0.15, -0.1) is 12.3 Å². The summed E-state index contributed by atoms with van der Waals surface area (Å²) in [5.41, 5.74) is 0.269. The lowest BCUT2D eigenvalue weighted by atomic mass is 10.2. The fourth-order valence-corrected chi connectivity index (χ4v) is 4.04. The van der Waals surface area contributed by atoms with E-state index in [1.54, 1.807) is 0 Å². The monoisotopic (exact) mass is 294 g/mol. The average molecular weight is 294 g/mol. The van der Waals surface area contributed by atoms with E-state index in [9.17, 15) is 0 Å². The first kappa shape index (κ1) is 17.3. The molecule has 1 rings (SSSR count). The van der Waals surface area contributed by atoms with Crippen LogP contribution in [-0.4, -0.2) is 25.2 Å². The number of unbranched alkanes of at least 4 members (excludes halogenated alkanes) is 1. The number of terminal acetylenes is 1. The van der Waals surface area contributed by atoms with Crippen LogP contribution in [0.15, 0.2) is 24.3 Å². The van der Waals surface area contributed by atoms with Crippen molar-refractivity contribution in [2.45, 2.75) is 45.2 Å². The molecule has 0 aromatic rings. The molecule has 0 amide bonds. The number of rotatable bonds is 9. The van der Waals surface area contributed by atoms with Gasteiger partial charge in [0.05, 0.1) is 13.2 Å². The highest BCUT2D eigenvalue weighted by atomic mass is 31.2. The van der Waals surface area contributed by atoms with E-state index in [-0.39, 0.29) is 5.66 Å². The van der Waals surface area contributed by atoms with Crippen molar-refractivity contribution in [1.82, 2.24) is 0 Å². The molecule has 0 saturated heterocycles. The predicted molar refractivity (Wildman–Crippen MR) is 90.2 cm³/mol. The van der Waals surface area contributed by atoms with E-state index in [4.69, 9.17) is 15.5 Å². The molecule has 3 heteroatoms. The normalized spacial score (nSPS) is 20.8. The van der Waals surface area contributed by atoms with Gasteiger partial charge in [0.25, 0.3) is 0 Å². The Bertz CT molecular complexity index is 415. The van der Waals surface area contributed by atoms with Gasteiger partial charge in [0.15, 0.2) is 0 Å². The van der Waals surface area contributed by atoms with Gasteiger partial charge in [0, 0.05) is 12.1 Å². The van der Waals surface area contributed by atoms with Crippen molar-refractivity contribution in [1.29, 1.82) is 0 Å². The summed E-state index contributed by atoms with van der Waals surface area (Å²) in [6.45, 7) is 5.75. The molecule has 2 atom stereocenters. The summed E-state index contributed by atoms with van der Waals surface area (Å²) in [4.78, 5) is 0. The van der Waals surface area contributed by atoms with E-state index in [0.717, 1.165) is 32.3 Å². The van der Waals surface area contributed by atoms with E-state index < -0.39 is 7.34 Å². The molecule has 0 aromatic carbocycles. The van der Waals surface area contributed by atoms with E-state index >= 15 is 0 Å². The third-order valence-corrected chi connectivity index (χ3v) is 5.88. The van der Waals surface area contributed by atoms with Gasteiger partial charge in [-0.1, -0.05) is 44.5 Å². The number of hydrogen-bond acceptors (Lipinski definition) is 2. The van der Waals surface area contributed by atoms with Crippen LogP contribution >= 0.6 is 7.34 Å². The molecular weight excluding hydrogens is 267 g/mol. The summed E-state index contributed by atoms with van der Waals surface area (Å²) in [7, 11) is -2.10. The maximum Gasteiger partial charge on any atom is 0.124 e. The molecule has 0 saturated carbocycles. The first-order chi connectivity index (χ1) is 9.58. The molecule has 0 aliphatic heterocycles. The lowest BCUT2D eigenvalue weighted by Crippen LogP contribution is -2.13. The molecule has 0 heterocycles. The molecule has 0 fully saturated rings. The van der Waals surface area contributed by atoms with Crippen molar-refractivity contribution in [3.05, 3.63) is 24.3 Å². The lowest BCUT2D eigenvalue weighted by Gasteiger charge is -2.31. The van der Waals surface area contributed by atoms with Gasteiger partial charge in [-0.2, -0.15) is 0 Å². The van der Waals surface area contributed by atoms with Gasteiger partial charge in [0.2, 0.25) is 0 Å². The van der Waals surface area contributed by atoms with E-state index in [0.29, 0.717) is 12.5 Å². The predicted octanol–water partition coefficient (Wildman–Crippen LogP) is 4.64. The fraction of sp³-hybridized carbons (Fsp3) is 0.588. The summed E-state index contributed by atoms with van der Waals surface area (Å²) < 4.78 is 12.2. The zero-order valence-corrected chi connectivity index (χ0v) is 13.6. The third kappa shape index (κ3) is 6.14. The van der Waals surface area contributed by atoms with Crippen LogP contribution in [-0.2, 0) is 9.05 Å². The summed E-state index contributed by atoms with van der Waals surface area (Å²) in [5.74, 6) is 3.27. The molecule has 1 aliphatic carbocycles. The van der Waals surface area contributed by atoms with Crippen LogP contribution in [0.25, 0.3) is 0 Å². The molecule has 20 heavy (non-hydrogen) atoms. The third-order valence-electron chi connectivity index (χ3n) is 3.24. The van der Waals surface area contributed by atoms with Gasteiger partial charge >= 0.3 is 0 Å². The number of hydrogen-bond donors (Lipinski definition) is 0. The molecule has 1 aliphatic rings. The number of allylic oxidation sites excluding steroid dienone is 4. The zero-order chi connectivity index (χ0) is 14.8. The van der Waals surface area contributed by atoms with Crippen LogP contribution in [0.4, 0.5) is 0 Å². The van der Waals surface area contributed by atoms with Crippen molar-refractivity contribution in [2.75, 3.05) is 13.2 Å². The first-order valence-corrected chi connectivity index (χ1v) is 9.25. The Morgan fingerprint density at radius 1 is 1.35 bits per heavy atom. The topological polar surface area (TPSA) is 18.5 Å². The highest BCUT2D eigenvalue weighted by Gasteiger charge is 2.26. The van der Waals surface area contributed by atoms with Crippen LogP contribution < -0.4 is 0 Å². The maximum absolute atomic E-state index is 6.10. The minimum atomic E-state index is -2.10. The second-order valence-electron chi connectivity index (χ2n) is 5.50. The lowest BCUT2D eigenvalue weighted by molar-refractivity contribution is 0.229. The van der Waals surface area contributed by atoms with Crippen molar-refractivity contribution in [3.8, 4) is 12.3 Å². The second kappa shape index (κ2) is 9.24. The van der Waals surface area contributed by atoms with Crippen LogP contribution in [0, 0.1) is 18.3 Å². The molecule has 2 nitrogen and oxygen atoms in total. The largest absolute Gasteiger partial charge is 0.337 e. The fourth-order valence-electron chi connectivity index (χ4n) is 1.92. The van der Waals surface area contributed by atoms with Crippen molar-refractivity contribution >= 4 is 13.6 Å². The SMILES string of the molecule is C#CCCCOP(=C)(OCCC(C)C)C1C=CC=CC1. The Labute approximate surface area is 124 Å². The van der Waals surface area contributed by atoms with Gasteiger partial charge in [-0.05, 0) is 25.2 Å². The van der Waals surface area contributed by atoms with Crippen LogP contribution in [0.3, 0.4) is 0 Å². The van der Waals surface area contributed by atoms with Crippen molar-refractivity contribution < 1.29 is 9.05 Å². The summed E-state index contributed by atoms with van der Waals surface area (Å²) >= 11 is 0. The van der Waals surface area contributed by atoms with Gasteiger partial charge < -0.3 is 9.05 Å². The average Bonchev–Trinajstić information content (AvgIpc) is 2.44. The maximum atomic E-state index is 6.10. The Morgan fingerprint density at radius 2 is 2.10 bits per heavy atom. The highest BCUT2D eigenvalue weighted by molar-refractivity contribution is 7.65. The first-order valence-electron chi connectivity index (χ1n) is 7.37. The Kier molecular flexibility index (Phi) is 8.00. The van der Waals surface area contributed by atoms with Gasteiger partial charge in [0.1, 0.15) is 7.34 Å². The molecule has 2 unspecified atom stereocenters. The molecule has 0 N–H and O–H groups in total. The molecule has 0 spiro atoms. The molecular formula is C17H27O2P. The molecule has 0 radical (unpaired) electrons. The minimum Gasteiger partial charge on any atom is -0.337 e.